The summed E-state index contributed by atoms with van der Waals surface area (Å²) in [4.78, 5) is 8.56. The van der Waals surface area contributed by atoms with E-state index in [1.807, 2.05) is 0 Å². The van der Waals surface area contributed by atoms with Crippen LogP contribution in [0.5, 0.6) is 0 Å². The Morgan fingerprint density at radius 3 is 2.70 bits per heavy atom. The van der Waals surface area contributed by atoms with Crippen molar-refractivity contribution in [2.45, 2.75) is 30.3 Å². The summed E-state index contributed by atoms with van der Waals surface area (Å²) in [7, 11) is -3.70. The SMILES string of the molecule is NCc1cncc([C@H]2CCCN2S(=O)(=O)c2ccc(F)cc2)n1. The number of nitrogens with two attached hydrogens (primary N) is 1. The van der Waals surface area contributed by atoms with E-state index in [9.17, 15) is 12.8 Å². The average molecular weight is 336 g/mol. The van der Waals surface area contributed by atoms with Crippen molar-refractivity contribution in [1.29, 1.82) is 0 Å². The molecule has 2 N–H and O–H groups in total. The van der Waals surface area contributed by atoms with Crippen molar-refractivity contribution in [2.75, 3.05) is 6.54 Å². The molecule has 122 valence electrons. The van der Waals surface area contributed by atoms with Crippen molar-refractivity contribution < 1.29 is 12.8 Å². The molecule has 1 saturated heterocycles. The molecule has 1 aliphatic rings. The van der Waals surface area contributed by atoms with E-state index in [0.29, 0.717) is 24.4 Å². The molecule has 0 radical (unpaired) electrons. The predicted molar refractivity (Wildman–Crippen MR) is 82.2 cm³/mol. The highest BCUT2D eigenvalue weighted by Gasteiger charge is 2.37. The van der Waals surface area contributed by atoms with Gasteiger partial charge in [0.25, 0.3) is 0 Å². The van der Waals surface area contributed by atoms with E-state index in [4.69, 9.17) is 5.73 Å². The second kappa shape index (κ2) is 6.31. The van der Waals surface area contributed by atoms with Gasteiger partial charge in [0.1, 0.15) is 5.82 Å². The molecule has 1 atom stereocenters. The number of benzene rings is 1. The van der Waals surface area contributed by atoms with Crippen molar-refractivity contribution in [3.63, 3.8) is 0 Å². The van der Waals surface area contributed by atoms with E-state index >= 15 is 0 Å². The van der Waals surface area contributed by atoms with Crippen LogP contribution < -0.4 is 5.73 Å². The van der Waals surface area contributed by atoms with Crippen LogP contribution in [0.1, 0.15) is 30.3 Å². The molecule has 1 aliphatic heterocycles. The maximum Gasteiger partial charge on any atom is 0.243 e. The molecule has 2 heterocycles. The normalized spacial score (nSPS) is 19.1. The maximum absolute atomic E-state index is 13.0. The number of sulfonamides is 1. The molecule has 0 spiro atoms. The molecule has 0 bridgehead atoms. The highest BCUT2D eigenvalue weighted by atomic mass is 32.2. The van der Waals surface area contributed by atoms with Crippen LogP contribution in [0, 0.1) is 5.82 Å². The summed E-state index contributed by atoms with van der Waals surface area (Å²) < 4.78 is 40.1. The van der Waals surface area contributed by atoms with Crippen molar-refractivity contribution in [1.82, 2.24) is 14.3 Å². The Labute approximate surface area is 134 Å². The van der Waals surface area contributed by atoms with Crippen molar-refractivity contribution in [3.05, 3.63) is 53.9 Å². The van der Waals surface area contributed by atoms with Crippen LogP contribution in [0.3, 0.4) is 0 Å². The fraction of sp³-hybridized carbons (Fsp3) is 0.333. The summed E-state index contributed by atoms with van der Waals surface area (Å²) >= 11 is 0. The lowest BCUT2D eigenvalue weighted by Gasteiger charge is -2.23. The van der Waals surface area contributed by atoms with E-state index in [0.717, 1.165) is 18.6 Å². The Morgan fingerprint density at radius 1 is 1.26 bits per heavy atom. The topological polar surface area (TPSA) is 89.2 Å². The van der Waals surface area contributed by atoms with Crippen LogP contribution in [0.2, 0.25) is 0 Å². The second-order valence-electron chi connectivity index (χ2n) is 5.37. The monoisotopic (exact) mass is 336 g/mol. The Hall–Kier alpha value is -1.90. The zero-order valence-corrected chi connectivity index (χ0v) is 13.2. The minimum Gasteiger partial charge on any atom is -0.325 e. The predicted octanol–water partition coefficient (Wildman–Crippen LogP) is 1.60. The van der Waals surface area contributed by atoms with E-state index in [2.05, 4.69) is 9.97 Å². The molecule has 2 aromatic rings. The van der Waals surface area contributed by atoms with Gasteiger partial charge in [0.2, 0.25) is 10.0 Å². The first-order valence-corrected chi connectivity index (χ1v) is 8.74. The molecular formula is C15H17FN4O2S. The van der Waals surface area contributed by atoms with E-state index in [-0.39, 0.29) is 17.5 Å². The first kappa shape index (κ1) is 16.0. The standard InChI is InChI=1S/C15H17FN4O2S/c16-11-3-5-13(6-4-11)23(21,22)20-7-1-2-15(20)14-10-18-9-12(8-17)19-14/h3-6,9-10,15H,1-2,7-8,17H2/t15-/m1/s1. The lowest BCUT2D eigenvalue weighted by Crippen LogP contribution is -2.31. The van der Waals surface area contributed by atoms with Gasteiger partial charge in [-0.25, -0.2) is 12.8 Å². The van der Waals surface area contributed by atoms with Gasteiger partial charge in [0, 0.05) is 19.3 Å². The quantitative estimate of drug-likeness (QED) is 0.916. The van der Waals surface area contributed by atoms with Gasteiger partial charge < -0.3 is 5.73 Å². The molecule has 23 heavy (non-hydrogen) atoms. The fourth-order valence-corrected chi connectivity index (χ4v) is 4.42. The number of halogens is 1. The molecule has 1 fully saturated rings. The largest absolute Gasteiger partial charge is 0.325 e. The smallest absolute Gasteiger partial charge is 0.243 e. The number of rotatable bonds is 4. The van der Waals surface area contributed by atoms with Crippen molar-refractivity contribution in [2.24, 2.45) is 5.73 Å². The highest BCUT2D eigenvalue weighted by Crippen LogP contribution is 2.35. The number of hydrogen-bond acceptors (Lipinski definition) is 5. The van der Waals surface area contributed by atoms with Gasteiger partial charge in [-0.05, 0) is 37.1 Å². The average Bonchev–Trinajstić information content (AvgIpc) is 3.06. The van der Waals surface area contributed by atoms with E-state index < -0.39 is 15.8 Å². The summed E-state index contributed by atoms with van der Waals surface area (Å²) in [5.74, 6) is -0.469. The van der Waals surface area contributed by atoms with E-state index in [1.165, 1.54) is 16.4 Å². The molecule has 0 unspecified atom stereocenters. The van der Waals surface area contributed by atoms with Crippen LogP contribution in [0.4, 0.5) is 4.39 Å². The fourth-order valence-electron chi connectivity index (χ4n) is 2.75. The third-order valence-electron chi connectivity index (χ3n) is 3.88. The summed E-state index contributed by atoms with van der Waals surface area (Å²) in [6, 6.07) is 4.48. The van der Waals surface area contributed by atoms with Gasteiger partial charge >= 0.3 is 0 Å². The Kier molecular flexibility index (Phi) is 4.38. The molecule has 0 aliphatic carbocycles. The van der Waals surface area contributed by atoms with Gasteiger partial charge in [-0.2, -0.15) is 4.31 Å². The molecule has 1 aromatic heterocycles. The number of aromatic nitrogens is 2. The molecule has 8 heteroatoms. The first-order valence-electron chi connectivity index (χ1n) is 7.30. The van der Waals surface area contributed by atoms with Gasteiger partial charge in [-0.3, -0.25) is 9.97 Å². The molecule has 6 nitrogen and oxygen atoms in total. The Balaban J connectivity index is 1.96. The molecule has 3 rings (SSSR count). The van der Waals surface area contributed by atoms with Crippen LogP contribution >= 0.6 is 0 Å². The number of hydrogen-bond donors (Lipinski definition) is 1. The highest BCUT2D eigenvalue weighted by molar-refractivity contribution is 7.89. The second-order valence-corrected chi connectivity index (χ2v) is 7.26. The lowest BCUT2D eigenvalue weighted by molar-refractivity contribution is 0.389. The molecule has 0 saturated carbocycles. The molecule has 0 amide bonds. The Bertz CT molecular complexity index is 795. The summed E-state index contributed by atoms with van der Waals surface area (Å²) in [5, 5.41) is 0. The zero-order valence-electron chi connectivity index (χ0n) is 12.4. The minimum atomic E-state index is -3.70. The van der Waals surface area contributed by atoms with Gasteiger partial charge in [-0.1, -0.05) is 0 Å². The Morgan fingerprint density at radius 2 is 2.00 bits per heavy atom. The third-order valence-corrected chi connectivity index (χ3v) is 5.80. The van der Waals surface area contributed by atoms with Gasteiger partial charge in [0.05, 0.1) is 28.5 Å². The number of nitrogens with zero attached hydrogens (tertiary/aromatic N) is 3. The lowest BCUT2D eigenvalue weighted by atomic mass is 10.2. The third kappa shape index (κ3) is 3.10. The van der Waals surface area contributed by atoms with Crippen LogP contribution in [-0.4, -0.2) is 29.2 Å². The molecular weight excluding hydrogens is 319 g/mol. The van der Waals surface area contributed by atoms with Crippen molar-refractivity contribution >= 4 is 10.0 Å². The van der Waals surface area contributed by atoms with Crippen LogP contribution in [0.15, 0.2) is 41.6 Å². The first-order chi connectivity index (χ1) is 11.0. The minimum absolute atomic E-state index is 0.0775. The van der Waals surface area contributed by atoms with Crippen LogP contribution in [0.25, 0.3) is 0 Å². The molecule has 1 aromatic carbocycles. The van der Waals surface area contributed by atoms with Crippen molar-refractivity contribution in [3.8, 4) is 0 Å². The summed E-state index contributed by atoms with van der Waals surface area (Å²) in [6.45, 7) is 0.650. The van der Waals surface area contributed by atoms with Gasteiger partial charge in [0.15, 0.2) is 0 Å². The maximum atomic E-state index is 13.0. The van der Waals surface area contributed by atoms with Crippen LogP contribution in [-0.2, 0) is 16.6 Å². The zero-order chi connectivity index (χ0) is 16.4. The van der Waals surface area contributed by atoms with Gasteiger partial charge in [-0.15, -0.1) is 0 Å². The van der Waals surface area contributed by atoms with E-state index in [1.54, 1.807) is 12.4 Å². The summed E-state index contributed by atoms with van der Waals surface area (Å²) in [6.07, 6.45) is 4.54. The summed E-state index contributed by atoms with van der Waals surface area (Å²) in [5.41, 5.74) is 6.79.